The molecule has 1 N–H and O–H groups in total. The van der Waals surface area contributed by atoms with Gasteiger partial charge in [0.05, 0.1) is 5.25 Å². The summed E-state index contributed by atoms with van der Waals surface area (Å²) in [5, 5.41) is 12.4. The zero-order valence-electron chi connectivity index (χ0n) is 16.7. The van der Waals surface area contributed by atoms with E-state index in [1.807, 2.05) is 13.0 Å². The van der Waals surface area contributed by atoms with Gasteiger partial charge >= 0.3 is 0 Å². The van der Waals surface area contributed by atoms with Crippen LogP contribution in [0, 0.1) is 13.8 Å². The van der Waals surface area contributed by atoms with Crippen LogP contribution < -0.4 is 5.32 Å². The molecule has 5 nitrogen and oxygen atoms in total. The monoisotopic (exact) mass is 404 g/mol. The van der Waals surface area contributed by atoms with Gasteiger partial charge in [-0.25, -0.2) is 0 Å². The van der Waals surface area contributed by atoms with Crippen molar-refractivity contribution >= 4 is 39.8 Å². The molecule has 3 rings (SSSR count). The highest BCUT2D eigenvalue weighted by Gasteiger charge is 2.32. The van der Waals surface area contributed by atoms with Crippen molar-refractivity contribution in [2.45, 2.75) is 75.6 Å². The molecule has 0 radical (unpaired) electrons. The molecule has 2 aromatic rings. The molecule has 0 aliphatic carbocycles. The number of carbonyl (C=O) groups is 1. The Bertz CT molecular complexity index is 797. The summed E-state index contributed by atoms with van der Waals surface area (Å²) in [7, 11) is 0. The molecule has 1 aliphatic rings. The molecule has 0 spiro atoms. The Kier molecular flexibility index (Phi) is 6.42. The number of hydrogen-bond acceptors (Lipinski definition) is 6. The molecule has 0 saturated carbocycles. The summed E-state index contributed by atoms with van der Waals surface area (Å²) in [4.78, 5) is 15.0. The topological polar surface area (TPSA) is 58.1 Å². The van der Waals surface area contributed by atoms with Crippen LogP contribution in [0.3, 0.4) is 0 Å². The first-order valence-electron chi connectivity index (χ1n) is 9.51. The number of piperidine rings is 1. The number of amides is 1. The van der Waals surface area contributed by atoms with Crippen LogP contribution in [0.15, 0.2) is 22.5 Å². The van der Waals surface area contributed by atoms with E-state index in [2.05, 4.69) is 60.2 Å². The Balaban J connectivity index is 1.62. The van der Waals surface area contributed by atoms with E-state index < -0.39 is 0 Å². The third-order valence-corrected chi connectivity index (χ3v) is 7.25. The third-order valence-electron chi connectivity index (χ3n) is 5.24. The molecule has 0 bridgehead atoms. The Morgan fingerprint density at radius 1 is 1.22 bits per heavy atom. The van der Waals surface area contributed by atoms with Crippen molar-refractivity contribution in [3.8, 4) is 0 Å². The second-order valence-electron chi connectivity index (χ2n) is 7.43. The van der Waals surface area contributed by atoms with E-state index in [1.165, 1.54) is 40.6 Å². The van der Waals surface area contributed by atoms with Crippen molar-refractivity contribution in [3.05, 3.63) is 29.3 Å². The maximum absolute atomic E-state index is 12.9. The van der Waals surface area contributed by atoms with Crippen LogP contribution in [0.25, 0.3) is 0 Å². The highest BCUT2D eigenvalue weighted by molar-refractivity contribution is 8.02. The van der Waals surface area contributed by atoms with E-state index in [4.69, 9.17) is 0 Å². The van der Waals surface area contributed by atoms with Gasteiger partial charge in [-0.3, -0.25) is 4.79 Å². The van der Waals surface area contributed by atoms with E-state index in [0.29, 0.717) is 12.1 Å². The average molecular weight is 405 g/mol. The molecular weight excluding hydrogens is 376 g/mol. The molecule has 3 atom stereocenters. The van der Waals surface area contributed by atoms with Gasteiger partial charge in [-0.15, -0.1) is 10.2 Å². The average Bonchev–Trinajstić information content (AvgIpc) is 3.04. The van der Waals surface area contributed by atoms with Gasteiger partial charge < -0.3 is 10.2 Å². The summed E-state index contributed by atoms with van der Waals surface area (Å²) in [5.74, 6) is 0.207. The van der Waals surface area contributed by atoms with Gasteiger partial charge in [-0.1, -0.05) is 29.2 Å². The van der Waals surface area contributed by atoms with Gasteiger partial charge in [0.1, 0.15) is 0 Å². The molecule has 0 unspecified atom stereocenters. The lowest BCUT2D eigenvalue weighted by Crippen LogP contribution is -2.50. The Morgan fingerprint density at radius 3 is 2.59 bits per heavy atom. The minimum atomic E-state index is -0.157. The van der Waals surface area contributed by atoms with Gasteiger partial charge in [0.25, 0.3) is 0 Å². The number of hydrogen-bond donors (Lipinski definition) is 1. The van der Waals surface area contributed by atoms with Crippen LogP contribution in [0.1, 0.15) is 51.2 Å². The van der Waals surface area contributed by atoms with E-state index >= 15 is 0 Å². The summed E-state index contributed by atoms with van der Waals surface area (Å²) >= 11 is 2.99. The van der Waals surface area contributed by atoms with E-state index in [1.54, 1.807) is 0 Å². The number of aryl methyl sites for hydroxylation is 2. The van der Waals surface area contributed by atoms with Crippen molar-refractivity contribution in [1.82, 2.24) is 15.1 Å². The van der Waals surface area contributed by atoms with Crippen LogP contribution >= 0.6 is 23.1 Å². The molecule has 7 heteroatoms. The highest BCUT2D eigenvalue weighted by atomic mass is 32.2. The molecule has 1 amide bonds. The van der Waals surface area contributed by atoms with Crippen LogP contribution in [-0.4, -0.2) is 38.3 Å². The standard InChI is InChI=1S/C20H28N4OS2/c1-12-9-10-17(11-13(12)2)21-19-22-23-20(27-19)26-16(5)18(25)24-14(3)7-6-8-15(24)4/h9-11,14-16H,6-8H2,1-5H3,(H,21,22)/t14-,15-,16+/m0/s1. The maximum atomic E-state index is 12.9. The quantitative estimate of drug-likeness (QED) is 0.697. The second kappa shape index (κ2) is 8.61. The molecular formula is C20H28N4OS2. The number of thioether (sulfide) groups is 1. The Morgan fingerprint density at radius 2 is 1.93 bits per heavy atom. The lowest BCUT2D eigenvalue weighted by Gasteiger charge is -2.40. The summed E-state index contributed by atoms with van der Waals surface area (Å²) in [6.07, 6.45) is 3.39. The predicted molar refractivity (Wildman–Crippen MR) is 114 cm³/mol. The van der Waals surface area contributed by atoms with Gasteiger partial charge in [-0.2, -0.15) is 0 Å². The van der Waals surface area contributed by atoms with E-state index in [0.717, 1.165) is 28.0 Å². The highest BCUT2D eigenvalue weighted by Crippen LogP contribution is 2.33. The molecule has 1 fully saturated rings. The van der Waals surface area contributed by atoms with Crippen LogP contribution in [0.2, 0.25) is 0 Å². The van der Waals surface area contributed by atoms with Gasteiger partial charge in [0.15, 0.2) is 4.34 Å². The summed E-state index contributed by atoms with van der Waals surface area (Å²) in [6.45, 7) is 10.5. The lowest BCUT2D eigenvalue weighted by molar-refractivity contribution is -0.136. The SMILES string of the molecule is Cc1ccc(Nc2nnc(S[C@H](C)C(=O)N3[C@@H](C)CCC[C@@H]3C)s2)cc1C. The van der Waals surface area contributed by atoms with Gasteiger partial charge in [0.2, 0.25) is 11.0 Å². The third kappa shape index (κ3) is 4.82. The van der Waals surface area contributed by atoms with E-state index in [-0.39, 0.29) is 11.2 Å². The fraction of sp³-hybridized carbons (Fsp3) is 0.550. The fourth-order valence-corrected chi connectivity index (χ4v) is 5.49. The number of anilines is 2. The Labute approximate surface area is 170 Å². The predicted octanol–water partition coefficient (Wildman–Crippen LogP) is 5.17. The molecule has 27 heavy (non-hydrogen) atoms. The molecule has 1 aromatic carbocycles. The zero-order valence-corrected chi connectivity index (χ0v) is 18.3. The molecule has 1 saturated heterocycles. The summed E-state index contributed by atoms with van der Waals surface area (Å²) in [6, 6.07) is 6.88. The number of nitrogens with zero attached hydrogens (tertiary/aromatic N) is 3. The molecule has 146 valence electrons. The van der Waals surface area contributed by atoms with Crippen LogP contribution in [-0.2, 0) is 4.79 Å². The van der Waals surface area contributed by atoms with E-state index in [9.17, 15) is 4.79 Å². The van der Waals surface area contributed by atoms with Crippen molar-refractivity contribution in [3.63, 3.8) is 0 Å². The molecule has 1 aliphatic heterocycles. The van der Waals surface area contributed by atoms with Crippen molar-refractivity contribution in [2.24, 2.45) is 0 Å². The number of carbonyl (C=O) groups excluding carboxylic acids is 1. The van der Waals surface area contributed by atoms with Crippen LogP contribution in [0.5, 0.6) is 0 Å². The first-order chi connectivity index (χ1) is 12.8. The van der Waals surface area contributed by atoms with Crippen LogP contribution in [0.4, 0.5) is 10.8 Å². The number of nitrogens with one attached hydrogen (secondary N) is 1. The van der Waals surface area contributed by atoms with Crippen molar-refractivity contribution in [1.29, 1.82) is 0 Å². The zero-order chi connectivity index (χ0) is 19.6. The molecule has 2 heterocycles. The van der Waals surface area contributed by atoms with Crippen molar-refractivity contribution < 1.29 is 4.79 Å². The lowest BCUT2D eigenvalue weighted by atomic mass is 9.97. The fourth-order valence-electron chi connectivity index (χ4n) is 3.52. The number of aromatic nitrogens is 2. The summed E-state index contributed by atoms with van der Waals surface area (Å²) in [5.41, 5.74) is 3.51. The number of likely N-dealkylation sites (tertiary alicyclic amines) is 1. The first-order valence-corrected chi connectivity index (χ1v) is 11.2. The minimum Gasteiger partial charge on any atom is -0.336 e. The first kappa shape index (κ1) is 20.1. The summed E-state index contributed by atoms with van der Waals surface area (Å²) < 4.78 is 0.819. The normalized spacial score (nSPS) is 21.1. The maximum Gasteiger partial charge on any atom is 0.236 e. The largest absolute Gasteiger partial charge is 0.336 e. The van der Waals surface area contributed by atoms with Crippen molar-refractivity contribution in [2.75, 3.05) is 5.32 Å². The van der Waals surface area contributed by atoms with Gasteiger partial charge in [-0.05, 0) is 77.1 Å². The second-order valence-corrected chi connectivity index (χ2v) is 10.00. The smallest absolute Gasteiger partial charge is 0.236 e. The number of benzene rings is 1. The Hall–Kier alpha value is -1.60. The van der Waals surface area contributed by atoms with Gasteiger partial charge in [0, 0.05) is 17.8 Å². The number of rotatable bonds is 5. The molecule has 1 aromatic heterocycles. The minimum absolute atomic E-state index is 0.157.